The van der Waals surface area contributed by atoms with Crippen LogP contribution in [0.3, 0.4) is 0 Å². The highest BCUT2D eigenvalue weighted by atomic mass is 16.3. The fourth-order valence-corrected chi connectivity index (χ4v) is 5.27. The summed E-state index contributed by atoms with van der Waals surface area (Å²) in [6.45, 7) is 5.19. The van der Waals surface area contributed by atoms with E-state index in [0.29, 0.717) is 24.8 Å². The molecule has 5 heterocycles. The van der Waals surface area contributed by atoms with E-state index < -0.39 is 0 Å². The van der Waals surface area contributed by atoms with Gasteiger partial charge in [0.15, 0.2) is 5.82 Å². The Hall–Kier alpha value is -3.82. The number of anilines is 4. The van der Waals surface area contributed by atoms with Gasteiger partial charge in [0.2, 0.25) is 0 Å². The minimum Gasteiger partial charge on any atom is -0.389 e. The zero-order chi connectivity index (χ0) is 24.8. The summed E-state index contributed by atoms with van der Waals surface area (Å²) in [7, 11) is 0. The lowest BCUT2D eigenvalue weighted by atomic mass is 10.0. The monoisotopic (exact) mass is 494 g/mol. The Morgan fingerprint density at radius 3 is 2.65 bits per heavy atom. The van der Waals surface area contributed by atoms with Crippen LogP contribution >= 0.6 is 0 Å². The summed E-state index contributed by atoms with van der Waals surface area (Å²) in [5.41, 5.74) is 5.16. The van der Waals surface area contributed by atoms with Crippen molar-refractivity contribution in [1.29, 1.82) is 0 Å². The number of fused-ring (bicyclic) bond motifs is 1. The molecule has 1 aromatic carbocycles. The summed E-state index contributed by atoms with van der Waals surface area (Å²) in [4.78, 5) is 23.6. The van der Waals surface area contributed by atoms with E-state index in [2.05, 4.69) is 54.7 Å². The first-order valence-electron chi connectivity index (χ1n) is 13.1. The Bertz CT molecular complexity index is 1440. The van der Waals surface area contributed by atoms with E-state index in [9.17, 15) is 5.11 Å². The summed E-state index contributed by atoms with van der Waals surface area (Å²) < 4.78 is 0. The van der Waals surface area contributed by atoms with Crippen molar-refractivity contribution >= 4 is 33.9 Å². The van der Waals surface area contributed by atoms with Gasteiger partial charge < -0.3 is 25.5 Å². The third-order valence-corrected chi connectivity index (χ3v) is 7.41. The molecular formula is C28H30N8O. The van der Waals surface area contributed by atoms with Crippen LogP contribution in [0.4, 0.5) is 23.0 Å². The number of aliphatic hydroxyl groups is 1. The summed E-state index contributed by atoms with van der Waals surface area (Å²) >= 11 is 0. The van der Waals surface area contributed by atoms with Gasteiger partial charge in [-0.05, 0) is 54.7 Å². The Labute approximate surface area is 215 Å². The van der Waals surface area contributed by atoms with E-state index in [1.807, 2.05) is 24.5 Å². The van der Waals surface area contributed by atoms with Crippen molar-refractivity contribution in [1.82, 2.24) is 25.3 Å². The van der Waals surface area contributed by atoms with Gasteiger partial charge in [-0.2, -0.15) is 0 Å². The van der Waals surface area contributed by atoms with Gasteiger partial charge in [-0.1, -0.05) is 6.07 Å². The third kappa shape index (κ3) is 4.45. The van der Waals surface area contributed by atoms with Crippen LogP contribution in [0.5, 0.6) is 0 Å². The van der Waals surface area contributed by atoms with Gasteiger partial charge in [-0.3, -0.25) is 4.98 Å². The molecule has 3 aromatic heterocycles. The lowest BCUT2D eigenvalue weighted by Crippen LogP contribution is -2.51. The Morgan fingerprint density at radius 1 is 0.973 bits per heavy atom. The number of aliphatic hydroxyl groups excluding tert-OH is 1. The number of nitrogens with one attached hydrogen (secondary N) is 2. The van der Waals surface area contributed by atoms with Crippen molar-refractivity contribution in [3.63, 3.8) is 0 Å². The number of nitrogens with zero attached hydrogens (tertiary/aromatic N) is 6. The molecule has 188 valence electrons. The van der Waals surface area contributed by atoms with Crippen LogP contribution in [0.25, 0.3) is 22.3 Å². The van der Waals surface area contributed by atoms with Crippen LogP contribution in [0.15, 0.2) is 55.0 Å². The second-order valence-electron chi connectivity index (χ2n) is 10.2. The van der Waals surface area contributed by atoms with Gasteiger partial charge in [0.1, 0.15) is 11.6 Å². The highest BCUT2D eigenvalue weighted by molar-refractivity contribution is 5.94. The summed E-state index contributed by atoms with van der Waals surface area (Å²) in [5, 5.41) is 17.9. The van der Waals surface area contributed by atoms with Crippen LogP contribution in [0.1, 0.15) is 24.3 Å². The molecule has 0 unspecified atom stereocenters. The van der Waals surface area contributed by atoms with E-state index in [4.69, 9.17) is 9.97 Å². The summed E-state index contributed by atoms with van der Waals surface area (Å²) in [5.74, 6) is 2.80. The smallest absolute Gasteiger partial charge is 0.162 e. The van der Waals surface area contributed by atoms with Crippen LogP contribution in [0.2, 0.25) is 0 Å². The largest absolute Gasteiger partial charge is 0.389 e. The SMILES string of the molecule is OC1CN(c2nc(-c3ccnc(Nc4cccc(N5CCNCC5)c4)c3)nc3cncc(C4CC4)c23)C1. The fourth-order valence-electron chi connectivity index (χ4n) is 5.27. The molecule has 0 atom stereocenters. The molecule has 9 heteroatoms. The van der Waals surface area contributed by atoms with Crippen molar-refractivity contribution in [3.8, 4) is 11.4 Å². The van der Waals surface area contributed by atoms with Gasteiger partial charge in [0.25, 0.3) is 0 Å². The lowest BCUT2D eigenvalue weighted by Gasteiger charge is -2.37. The molecular weight excluding hydrogens is 464 g/mol. The topological polar surface area (TPSA) is 102 Å². The maximum absolute atomic E-state index is 9.99. The van der Waals surface area contributed by atoms with Gasteiger partial charge >= 0.3 is 0 Å². The maximum atomic E-state index is 9.99. The number of rotatable bonds is 6. The molecule has 2 saturated heterocycles. The maximum Gasteiger partial charge on any atom is 0.162 e. The number of hydrogen-bond acceptors (Lipinski definition) is 9. The first kappa shape index (κ1) is 22.4. The highest BCUT2D eigenvalue weighted by Crippen LogP contribution is 2.45. The first-order chi connectivity index (χ1) is 18.2. The summed E-state index contributed by atoms with van der Waals surface area (Å²) in [6, 6.07) is 12.4. The van der Waals surface area contributed by atoms with Crippen LogP contribution in [0, 0.1) is 0 Å². The molecule has 7 rings (SSSR count). The number of hydrogen-bond donors (Lipinski definition) is 3. The number of benzene rings is 1. The molecule has 1 saturated carbocycles. The van der Waals surface area contributed by atoms with Crippen molar-refractivity contribution in [2.45, 2.75) is 24.9 Å². The van der Waals surface area contributed by atoms with Crippen molar-refractivity contribution in [2.75, 3.05) is 54.4 Å². The van der Waals surface area contributed by atoms with Crippen LogP contribution in [-0.4, -0.2) is 70.4 Å². The standard InChI is InChI=1S/C28H30N8O/c37-22-16-36(17-22)28-26-23(18-4-5-18)14-30-15-24(26)33-27(34-28)19-6-7-31-25(12-19)32-20-2-1-3-21(13-20)35-10-8-29-9-11-35/h1-3,6-7,12-15,18,22,29,37H,4-5,8-11,16-17H2,(H,31,32). The molecule has 9 nitrogen and oxygen atoms in total. The van der Waals surface area contributed by atoms with Crippen LogP contribution in [-0.2, 0) is 0 Å². The number of β-amino-alcohol motifs (C(OH)–C–C–N with tert-alkyl or cyclic N) is 1. The summed E-state index contributed by atoms with van der Waals surface area (Å²) in [6.07, 6.45) is 7.63. The molecule has 3 N–H and O–H groups in total. The van der Waals surface area contributed by atoms with Gasteiger partial charge in [-0.15, -0.1) is 0 Å². The molecule has 0 spiro atoms. The molecule has 37 heavy (non-hydrogen) atoms. The van der Waals surface area contributed by atoms with E-state index >= 15 is 0 Å². The molecule has 0 radical (unpaired) electrons. The van der Waals surface area contributed by atoms with E-state index in [0.717, 1.165) is 60.0 Å². The van der Waals surface area contributed by atoms with Gasteiger partial charge in [-0.25, -0.2) is 15.0 Å². The van der Waals surface area contributed by atoms with Crippen molar-refractivity contribution < 1.29 is 5.11 Å². The molecule has 1 aliphatic carbocycles. The van der Waals surface area contributed by atoms with Gasteiger partial charge in [0, 0.05) is 74.0 Å². The predicted molar refractivity (Wildman–Crippen MR) is 146 cm³/mol. The van der Waals surface area contributed by atoms with Crippen molar-refractivity contribution in [2.24, 2.45) is 0 Å². The zero-order valence-corrected chi connectivity index (χ0v) is 20.6. The van der Waals surface area contributed by atoms with Gasteiger partial charge in [0.05, 0.1) is 17.8 Å². The minimum absolute atomic E-state index is 0.312. The number of aromatic nitrogens is 4. The zero-order valence-electron chi connectivity index (χ0n) is 20.6. The predicted octanol–water partition coefficient (Wildman–Crippen LogP) is 3.30. The van der Waals surface area contributed by atoms with Crippen LogP contribution < -0.4 is 20.4 Å². The molecule has 3 aliphatic rings. The second-order valence-corrected chi connectivity index (χ2v) is 10.2. The van der Waals surface area contributed by atoms with E-state index in [-0.39, 0.29) is 6.10 Å². The highest BCUT2D eigenvalue weighted by Gasteiger charge is 2.32. The first-order valence-corrected chi connectivity index (χ1v) is 13.1. The average Bonchev–Trinajstić information content (AvgIpc) is 3.77. The molecule has 0 amide bonds. The third-order valence-electron chi connectivity index (χ3n) is 7.41. The quantitative estimate of drug-likeness (QED) is 0.373. The molecule has 3 fully saturated rings. The Balaban J connectivity index is 1.22. The molecule has 2 aliphatic heterocycles. The number of pyridine rings is 2. The van der Waals surface area contributed by atoms with E-state index in [1.165, 1.54) is 24.1 Å². The molecule has 0 bridgehead atoms. The van der Waals surface area contributed by atoms with Crippen molar-refractivity contribution in [3.05, 3.63) is 60.6 Å². The number of piperazine rings is 1. The average molecular weight is 495 g/mol. The normalized spacial score (nSPS) is 18.2. The fraction of sp³-hybridized carbons (Fsp3) is 0.357. The lowest BCUT2D eigenvalue weighted by molar-refractivity contribution is 0.141. The Kier molecular flexibility index (Phi) is 5.59. The molecule has 4 aromatic rings. The Morgan fingerprint density at radius 2 is 1.84 bits per heavy atom. The second kappa shape index (κ2) is 9.24. The van der Waals surface area contributed by atoms with E-state index in [1.54, 1.807) is 6.20 Å². The minimum atomic E-state index is -0.312.